The van der Waals surface area contributed by atoms with Crippen LogP contribution in [0, 0.1) is 13.8 Å². The van der Waals surface area contributed by atoms with E-state index in [4.69, 9.17) is 0 Å². The summed E-state index contributed by atoms with van der Waals surface area (Å²) in [4.78, 5) is 11.4. The normalized spacial score (nSPS) is 17.2. The molecule has 0 amide bonds. The highest BCUT2D eigenvalue weighted by Gasteiger charge is 2.52. The van der Waals surface area contributed by atoms with Crippen LogP contribution in [0.5, 0.6) is 0 Å². The lowest BCUT2D eigenvalue weighted by Gasteiger charge is -2.19. The molecule has 1 aliphatic rings. The van der Waals surface area contributed by atoms with E-state index in [1.165, 1.54) is 11.1 Å². The Morgan fingerprint density at radius 1 is 1.29 bits per heavy atom. The third-order valence-corrected chi connectivity index (χ3v) is 4.03. The molecule has 0 radical (unpaired) electrons. The molecule has 2 heteroatoms. The van der Waals surface area contributed by atoms with Crippen molar-refractivity contribution in [2.24, 2.45) is 0 Å². The van der Waals surface area contributed by atoms with Gasteiger partial charge in [0.2, 0.25) is 0 Å². The van der Waals surface area contributed by atoms with Gasteiger partial charge in [-0.2, -0.15) is 0 Å². The minimum Gasteiger partial charge on any atom is -0.481 e. The van der Waals surface area contributed by atoms with Gasteiger partial charge in [-0.1, -0.05) is 26.0 Å². The van der Waals surface area contributed by atoms with Crippen LogP contribution in [-0.2, 0) is 10.2 Å². The molecule has 0 heterocycles. The molecule has 0 spiro atoms. The van der Waals surface area contributed by atoms with E-state index in [1.54, 1.807) is 0 Å². The fourth-order valence-electron chi connectivity index (χ4n) is 2.44. The number of hydrogen-bond donors (Lipinski definition) is 1. The van der Waals surface area contributed by atoms with Gasteiger partial charge in [0.25, 0.3) is 0 Å². The third-order valence-electron chi connectivity index (χ3n) is 4.03. The lowest BCUT2D eigenvalue weighted by atomic mass is 9.86. The van der Waals surface area contributed by atoms with Gasteiger partial charge >= 0.3 is 5.97 Å². The molecule has 1 saturated carbocycles. The molecule has 0 aromatic heterocycles. The van der Waals surface area contributed by atoms with Gasteiger partial charge in [-0.05, 0) is 54.9 Å². The number of carboxylic acid groups (broad SMARTS) is 1. The Morgan fingerprint density at radius 3 is 2.29 bits per heavy atom. The van der Waals surface area contributed by atoms with Crippen LogP contribution in [0.2, 0.25) is 0 Å². The molecule has 0 atom stereocenters. The number of carboxylic acids is 1. The molecule has 1 fully saturated rings. The zero-order valence-electron chi connectivity index (χ0n) is 11.0. The predicted molar refractivity (Wildman–Crippen MR) is 68.6 cm³/mol. The van der Waals surface area contributed by atoms with Crippen LogP contribution in [0.1, 0.15) is 54.9 Å². The van der Waals surface area contributed by atoms with Gasteiger partial charge in [-0.25, -0.2) is 0 Å². The van der Waals surface area contributed by atoms with Crippen LogP contribution in [-0.4, -0.2) is 11.1 Å². The second-order valence-corrected chi connectivity index (χ2v) is 5.55. The van der Waals surface area contributed by atoms with Crippen molar-refractivity contribution >= 4 is 5.97 Å². The number of aryl methyl sites for hydroxylation is 1. The van der Waals surface area contributed by atoms with Gasteiger partial charge in [-0.15, -0.1) is 0 Å². The maximum atomic E-state index is 11.4. The SMILES string of the molecule is Cc1cc(C(C)C)cc(C2(C(=O)O)CC2)c1C. The minimum atomic E-state index is -0.666. The molecule has 0 bridgehead atoms. The number of rotatable bonds is 3. The van der Waals surface area contributed by atoms with Crippen molar-refractivity contribution in [3.8, 4) is 0 Å². The first kappa shape index (κ1) is 12.2. The molecular formula is C15H20O2. The maximum absolute atomic E-state index is 11.4. The van der Waals surface area contributed by atoms with E-state index in [1.807, 2.05) is 6.92 Å². The molecule has 1 aromatic carbocycles. The topological polar surface area (TPSA) is 37.3 Å². The van der Waals surface area contributed by atoms with E-state index in [0.717, 1.165) is 24.0 Å². The Bertz CT molecular complexity index is 468. The first-order chi connectivity index (χ1) is 7.88. The summed E-state index contributed by atoms with van der Waals surface area (Å²) in [6.07, 6.45) is 1.56. The highest BCUT2D eigenvalue weighted by Crippen LogP contribution is 2.50. The van der Waals surface area contributed by atoms with Crippen molar-refractivity contribution in [1.29, 1.82) is 0 Å². The fraction of sp³-hybridized carbons (Fsp3) is 0.533. The van der Waals surface area contributed by atoms with Crippen LogP contribution >= 0.6 is 0 Å². The third kappa shape index (κ3) is 1.86. The van der Waals surface area contributed by atoms with E-state index in [-0.39, 0.29) is 0 Å². The molecule has 1 aliphatic carbocycles. The Morgan fingerprint density at radius 2 is 1.88 bits per heavy atom. The molecule has 1 aromatic rings. The number of hydrogen-bond acceptors (Lipinski definition) is 1. The smallest absolute Gasteiger partial charge is 0.314 e. The lowest BCUT2D eigenvalue weighted by molar-refractivity contribution is -0.140. The quantitative estimate of drug-likeness (QED) is 0.865. The van der Waals surface area contributed by atoms with Gasteiger partial charge in [0.1, 0.15) is 0 Å². The molecule has 0 saturated heterocycles. The number of carbonyl (C=O) groups is 1. The average molecular weight is 232 g/mol. The highest BCUT2D eigenvalue weighted by atomic mass is 16.4. The Kier molecular flexibility index (Phi) is 2.76. The first-order valence-corrected chi connectivity index (χ1v) is 6.23. The largest absolute Gasteiger partial charge is 0.481 e. The Balaban J connectivity index is 2.57. The minimum absolute atomic E-state index is 0.442. The van der Waals surface area contributed by atoms with Gasteiger partial charge in [0, 0.05) is 0 Å². The lowest BCUT2D eigenvalue weighted by Crippen LogP contribution is -2.21. The van der Waals surface area contributed by atoms with Gasteiger partial charge < -0.3 is 5.11 Å². The van der Waals surface area contributed by atoms with Gasteiger partial charge in [-0.3, -0.25) is 4.79 Å². The van der Waals surface area contributed by atoms with Crippen molar-refractivity contribution in [3.63, 3.8) is 0 Å². The van der Waals surface area contributed by atoms with Crippen molar-refractivity contribution < 1.29 is 9.90 Å². The summed E-state index contributed by atoms with van der Waals surface area (Å²) in [5.74, 6) is -0.224. The fourth-order valence-corrected chi connectivity index (χ4v) is 2.44. The van der Waals surface area contributed by atoms with E-state index in [2.05, 4.69) is 32.9 Å². The van der Waals surface area contributed by atoms with E-state index < -0.39 is 11.4 Å². The summed E-state index contributed by atoms with van der Waals surface area (Å²) in [7, 11) is 0. The van der Waals surface area contributed by atoms with Crippen molar-refractivity contribution in [2.45, 2.75) is 51.9 Å². The zero-order chi connectivity index (χ0) is 12.8. The molecule has 92 valence electrons. The molecule has 2 nitrogen and oxygen atoms in total. The number of aliphatic carboxylic acids is 1. The van der Waals surface area contributed by atoms with E-state index >= 15 is 0 Å². The van der Waals surface area contributed by atoms with Crippen molar-refractivity contribution in [3.05, 3.63) is 34.4 Å². The van der Waals surface area contributed by atoms with E-state index in [9.17, 15) is 9.90 Å². The second kappa shape index (κ2) is 3.86. The summed E-state index contributed by atoms with van der Waals surface area (Å²) in [5, 5.41) is 9.40. The summed E-state index contributed by atoms with van der Waals surface area (Å²) in [5.41, 5.74) is 4.05. The van der Waals surface area contributed by atoms with Crippen LogP contribution in [0.15, 0.2) is 12.1 Å². The van der Waals surface area contributed by atoms with Crippen molar-refractivity contribution in [2.75, 3.05) is 0 Å². The molecular weight excluding hydrogens is 212 g/mol. The monoisotopic (exact) mass is 232 g/mol. The summed E-state index contributed by atoms with van der Waals surface area (Å²) in [6, 6.07) is 4.29. The molecule has 17 heavy (non-hydrogen) atoms. The first-order valence-electron chi connectivity index (χ1n) is 6.23. The van der Waals surface area contributed by atoms with Crippen LogP contribution in [0.4, 0.5) is 0 Å². The highest BCUT2D eigenvalue weighted by molar-refractivity contribution is 5.85. The van der Waals surface area contributed by atoms with Crippen molar-refractivity contribution in [1.82, 2.24) is 0 Å². The second-order valence-electron chi connectivity index (χ2n) is 5.55. The van der Waals surface area contributed by atoms with Gasteiger partial charge in [0.15, 0.2) is 0 Å². The van der Waals surface area contributed by atoms with Crippen LogP contribution in [0.3, 0.4) is 0 Å². The van der Waals surface area contributed by atoms with Crippen LogP contribution < -0.4 is 0 Å². The summed E-state index contributed by atoms with van der Waals surface area (Å²) >= 11 is 0. The summed E-state index contributed by atoms with van der Waals surface area (Å²) in [6.45, 7) is 8.41. The predicted octanol–water partition coefficient (Wildman–Crippen LogP) is 3.54. The number of benzene rings is 1. The average Bonchev–Trinajstić information content (AvgIpc) is 3.02. The summed E-state index contributed by atoms with van der Waals surface area (Å²) < 4.78 is 0. The Labute approximate surface area is 103 Å². The standard InChI is InChI=1S/C15H20O2/c1-9(2)12-7-10(3)11(4)13(8-12)15(5-6-15)14(16)17/h7-9H,5-6H2,1-4H3,(H,16,17). The molecule has 0 unspecified atom stereocenters. The maximum Gasteiger partial charge on any atom is 0.314 e. The van der Waals surface area contributed by atoms with Gasteiger partial charge in [0.05, 0.1) is 5.41 Å². The van der Waals surface area contributed by atoms with E-state index in [0.29, 0.717) is 5.92 Å². The molecule has 0 aliphatic heterocycles. The van der Waals surface area contributed by atoms with Crippen LogP contribution in [0.25, 0.3) is 0 Å². The molecule has 1 N–H and O–H groups in total. The molecule has 2 rings (SSSR count). The zero-order valence-corrected chi connectivity index (χ0v) is 11.0. The Hall–Kier alpha value is -1.31.